The van der Waals surface area contributed by atoms with E-state index in [9.17, 15) is 0 Å². The van der Waals surface area contributed by atoms with Gasteiger partial charge in [-0.2, -0.15) is 0 Å². The quantitative estimate of drug-likeness (QED) is 0.502. The van der Waals surface area contributed by atoms with Crippen LogP contribution in [0.3, 0.4) is 0 Å². The molecule has 0 rings (SSSR count). The molecule has 0 amide bonds. The number of rotatable bonds is 0. The van der Waals surface area contributed by atoms with Gasteiger partial charge in [-0.1, -0.05) is 0 Å². The molecule has 0 heterocycles. The van der Waals surface area contributed by atoms with Crippen LogP contribution in [0.25, 0.3) is 0 Å². The maximum atomic E-state index is 8.34. The molecule has 0 aromatic rings. The van der Waals surface area contributed by atoms with E-state index in [4.69, 9.17) is 2.81 Å². The molecule has 0 aliphatic rings. The average molecular weight is 167 g/mol. The van der Waals surface area contributed by atoms with Crippen LogP contribution in [-0.4, -0.2) is 0 Å². The van der Waals surface area contributed by atoms with E-state index in [1.807, 2.05) is 0 Å². The van der Waals surface area contributed by atoms with Crippen LogP contribution in [0.5, 0.6) is 0 Å². The Morgan fingerprint density at radius 1 is 0.667 bits per heavy atom. The first-order valence-corrected chi connectivity index (χ1v) is 1.21. The average Bonchev–Trinajstić information content (AvgIpc) is 1.00. The van der Waals surface area contributed by atoms with Crippen molar-refractivity contribution >= 4 is 0 Å². The predicted octanol–water partition coefficient (Wildman–Crippen LogP) is 1.68. The molecule has 42 valence electrons. The monoisotopic (exact) mass is 166 g/mol. The number of hydrogen-bond acceptors (Lipinski definition) is 1. The zero-order chi connectivity index (χ0) is 2.00. The molecular weight excluding hydrogens is 155 g/mol. The van der Waals surface area contributed by atoms with E-state index in [2.05, 4.69) is 0 Å². The second kappa shape index (κ2) is 267. The van der Waals surface area contributed by atoms with Crippen molar-refractivity contribution in [3.63, 3.8) is 0 Å². The second-order valence-electron chi connectivity index (χ2n) is 0. The minimum absolute atomic E-state index is 0. The Bertz CT molecular complexity index is 7.51. The topological polar surface area (TPSA) is 17.1 Å². The molecule has 0 fully saturated rings. The summed E-state index contributed by atoms with van der Waals surface area (Å²) >= 11 is 0.300. The van der Waals surface area contributed by atoms with E-state index in [0.717, 1.165) is 0 Å². The van der Waals surface area contributed by atoms with Crippen LogP contribution >= 0.6 is 0 Å². The van der Waals surface area contributed by atoms with E-state index < -0.39 is 0 Å². The van der Waals surface area contributed by atoms with Gasteiger partial charge < -0.3 is 29.7 Å². The molecule has 0 aliphatic carbocycles. The molecule has 0 aromatic carbocycles. The van der Waals surface area contributed by atoms with E-state index in [1.165, 1.54) is 0 Å². The molecule has 0 bridgehead atoms. The molecule has 6 heavy (non-hydrogen) atoms. The van der Waals surface area contributed by atoms with Crippen LogP contribution < -0.4 is 0 Å². The maximum absolute atomic E-state index is 8.34. The minimum atomic E-state index is 0. The molecule has 0 N–H and O–H groups in total. The third kappa shape index (κ3) is 136. The summed E-state index contributed by atoms with van der Waals surface area (Å²) < 4.78 is 8.34. The molecule has 0 radical (unpaired) electrons. The molecule has 2 heteroatoms. The molecule has 0 saturated heterocycles. The van der Waals surface area contributed by atoms with Crippen LogP contribution in [-0.2, 0) is 27.5 Å². The van der Waals surface area contributed by atoms with Crippen molar-refractivity contribution in [1.29, 1.82) is 0 Å². The molecule has 1 nitrogen and oxygen atoms in total. The Labute approximate surface area is 57.4 Å². The van der Waals surface area contributed by atoms with Crippen molar-refractivity contribution in [1.82, 2.24) is 0 Å². The molecule has 0 saturated carbocycles. The third-order valence-corrected chi connectivity index (χ3v) is 0. The van der Waals surface area contributed by atoms with Crippen molar-refractivity contribution in [2.75, 3.05) is 0 Å². The Morgan fingerprint density at radius 2 is 0.667 bits per heavy atom. The van der Waals surface area contributed by atoms with Gasteiger partial charge in [-0.15, -0.1) is 0 Å². The number of hydrogen-bond donors (Lipinski definition) is 0. The SMILES string of the molecule is [CH3-].[CH3-].[CH3-].[CH3-].[O]=[Zr]. The van der Waals surface area contributed by atoms with E-state index >= 15 is 0 Å². The van der Waals surface area contributed by atoms with E-state index in [1.54, 1.807) is 0 Å². The fourth-order valence-electron chi connectivity index (χ4n) is 0. The fraction of sp³-hybridized carbons (Fsp3) is 0. The standard InChI is InChI=1S/4CH3.O.Zr/h4*1H3;;/q4*-1;;. The van der Waals surface area contributed by atoms with Gasteiger partial charge in [-0.25, -0.2) is 0 Å². The van der Waals surface area contributed by atoms with Gasteiger partial charge in [0.1, 0.15) is 0 Å². The summed E-state index contributed by atoms with van der Waals surface area (Å²) in [6.45, 7) is 0. The Morgan fingerprint density at radius 3 is 0.667 bits per heavy atom. The van der Waals surface area contributed by atoms with Crippen molar-refractivity contribution in [2.24, 2.45) is 0 Å². The van der Waals surface area contributed by atoms with Crippen LogP contribution in [0.1, 0.15) is 0 Å². The zero-order valence-electron chi connectivity index (χ0n) is 4.91. The van der Waals surface area contributed by atoms with Crippen LogP contribution in [0.4, 0.5) is 0 Å². The molecule has 0 spiro atoms. The Hall–Kier alpha value is 0.683. The normalized spacial score (nSPS) is 0.500. The van der Waals surface area contributed by atoms with Gasteiger partial charge in [0.05, 0.1) is 0 Å². The molecule has 0 aliphatic heterocycles. The van der Waals surface area contributed by atoms with Gasteiger partial charge in [0.2, 0.25) is 0 Å². The van der Waals surface area contributed by atoms with Crippen LogP contribution in [0.15, 0.2) is 0 Å². The van der Waals surface area contributed by atoms with E-state index in [-0.39, 0.29) is 29.7 Å². The molecular formula is C4H12OZr-4. The van der Waals surface area contributed by atoms with Crippen molar-refractivity contribution in [2.45, 2.75) is 0 Å². The summed E-state index contributed by atoms with van der Waals surface area (Å²) in [7, 11) is 0. The zero-order valence-corrected chi connectivity index (χ0v) is 7.37. The first-order chi connectivity index (χ1) is 1.00. The van der Waals surface area contributed by atoms with E-state index in [0.29, 0.717) is 24.7 Å². The summed E-state index contributed by atoms with van der Waals surface area (Å²) in [6.07, 6.45) is 0. The Kier molecular flexibility index (Phi) is 3390. The van der Waals surface area contributed by atoms with Crippen molar-refractivity contribution in [3.05, 3.63) is 29.7 Å². The summed E-state index contributed by atoms with van der Waals surface area (Å²) in [4.78, 5) is 0. The molecule has 0 atom stereocenters. The van der Waals surface area contributed by atoms with Crippen LogP contribution in [0, 0.1) is 29.7 Å². The first kappa shape index (κ1) is 76.2. The second-order valence-corrected chi connectivity index (χ2v) is 0. The van der Waals surface area contributed by atoms with Crippen LogP contribution in [0.2, 0.25) is 0 Å². The summed E-state index contributed by atoms with van der Waals surface area (Å²) in [5.74, 6) is 0. The third-order valence-electron chi connectivity index (χ3n) is 0. The Balaban J connectivity index is -0.000000000833. The summed E-state index contributed by atoms with van der Waals surface area (Å²) in [5.41, 5.74) is 0. The predicted molar refractivity (Wildman–Crippen MR) is 26.3 cm³/mol. The molecule has 0 aromatic heterocycles. The van der Waals surface area contributed by atoms with Gasteiger partial charge >= 0.3 is 27.5 Å². The first-order valence-electron chi connectivity index (χ1n) is 0.204. The summed E-state index contributed by atoms with van der Waals surface area (Å²) in [5, 5.41) is 0. The summed E-state index contributed by atoms with van der Waals surface area (Å²) in [6, 6.07) is 0. The van der Waals surface area contributed by atoms with Gasteiger partial charge in [-0.3, -0.25) is 0 Å². The van der Waals surface area contributed by atoms with Gasteiger partial charge in [-0.05, 0) is 0 Å². The fourth-order valence-corrected chi connectivity index (χ4v) is 0. The van der Waals surface area contributed by atoms with Gasteiger partial charge in [0, 0.05) is 0 Å². The van der Waals surface area contributed by atoms with Crippen molar-refractivity contribution in [3.8, 4) is 0 Å². The van der Waals surface area contributed by atoms with Gasteiger partial charge in [0.15, 0.2) is 0 Å². The van der Waals surface area contributed by atoms with Crippen molar-refractivity contribution < 1.29 is 27.5 Å². The molecule has 0 unspecified atom stereocenters. The van der Waals surface area contributed by atoms with Gasteiger partial charge in [0.25, 0.3) is 0 Å².